The smallest absolute Gasteiger partial charge is 0.338 e. The molecule has 1 aromatic rings. The Kier molecular flexibility index (Phi) is 5.22. The number of halogens is 1. The van der Waals surface area contributed by atoms with E-state index < -0.39 is 5.97 Å². The molecule has 1 heterocycles. The lowest BCUT2D eigenvalue weighted by Gasteiger charge is -2.09. The van der Waals surface area contributed by atoms with Crippen LogP contribution in [0.1, 0.15) is 23.7 Å². The van der Waals surface area contributed by atoms with Crippen LogP contribution in [0.2, 0.25) is 5.15 Å². The third-order valence-electron chi connectivity index (χ3n) is 2.12. The molecule has 0 radical (unpaired) electrons. The van der Waals surface area contributed by atoms with Crippen molar-refractivity contribution in [3.05, 3.63) is 29.0 Å². The van der Waals surface area contributed by atoms with Crippen molar-refractivity contribution in [1.29, 1.82) is 0 Å². The molecule has 0 bridgehead atoms. The summed E-state index contributed by atoms with van der Waals surface area (Å²) in [5.74, 6) is -0.396. The van der Waals surface area contributed by atoms with E-state index in [0.717, 1.165) is 0 Å². The van der Waals surface area contributed by atoms with Gasteiger partial charge in [0.15, 0.2) is 0 Å². The molecule has 0 amide bonds. The Morgan fingerprint density at radius 1 is 1.62 bits per heavy atom. The van der Waals surface area contributed by atoms with E-state index >= 15 is 0 Å². The van der Waals surface area contributed by atoms with Crippen molar-refractivity contribution >= 4 is 17.6 Å². The maximum Gasteiger partial charge on any atom is 0.338 e. The summed E-state index contributed by atoms with van der Waals surface area (Å²) >= 11 is 5.66. The Bertz CT molecular complexity index is 357. The number of carbonyl (C=O) groups is 1. The fourth-order valence-electron chi connectivity index (χ4n) is 1.05. The summed E-state index contributed by atoms with van der Waals surface area (Å²) in [6.07, 6.45) is 2.21. The fraction of sp³-hybridized carbons (Fsp3) is 0.455. The second kappa shape index (κ2) is 6.45. The number of carbonyl (C=O) groups excluding carboxylic acids is 1. The van der Waals surface area contributed by atoms with Gasteiger partial charge in [-0.3, -0.25) is 0 Å². The number of rotatable bonds is 5. The van der Waals surface area contributed by atoms with Crippen LogP contribution in [0.3, 0.4) is 0 Å². The maximum absolute atomic E-state index is 11.5. The van der Waals surface area contributed by atoms with Gasteiger partial charge in [0, 0.05) is 19.7 Å². The van der Waals surface area contributed by atoms with Gasteiger partial charge in [-0.25, -0.2) is 9.78 Å². The third-order valence-corrected chi connectivity index (χ3v) is 2.33. The summed E-state index contributed by atoms with van der Waals surface area (Å²) in [5, 5.41) is 0.278. The van der Waals surface area contributed by atoms with Gasteiger partial charge in [0.05, 0.1) is 18.3 Å². The standard InChI is InChI=1S/C11H14ClNO3/c1-8(15-2)4-6-16-11(14)9-3-5-13-10(12)7-9/h3,5,7-8H,4,6H2,1-2H3/t8-/m0/s1. The summed E-state index contributed by atoms with van der Waals surface area (Å²) in [4.78, 5) is 15.3. The first-order valence-electron chi connectivity index (χ1n) is 4.95. The molecule has 1 aromatic heterocycles. The Balaban J connectivity index is 2.41. The van der Waals surface area contributed by atoms with Gasteiger partial charge in [0.2, 0.25) is 0 Å². The van der Waals surface area contributed by atoms with Crippen molar-refractivity contribution in [3.63, 3.8) is 0 Å². The lowest BCUT2D eigenvalue weighted by atomic mass is 10.3. The second-order valence-corrected chi connectivity index (χ2v) is 3.73. The number of methoxy groups -OCH3 is 1. The van der Waals surface area contributed by atoms with Gasteiger partial charge in [0.1, 0.15) is 5.15 Å². The first-order chi connectivity index (χ1) is 7.63. The van der Waals surface area contributed by atoms with E-state index in [9.17, 15) is 4.79 Å². The van der Waals surface area contributed by atoms with Crippen LogP contribution in [0.25, 0.3) is 0 Å². The highest BCUT2D eigenvalue weighted by Crippen LogP contribution is 2.08. The van der Waals surface area contributed by atoms with E-state index in [4.69, 9.17) is 21.1 Å². The quantitative estimate of drug-likeness (QED) is 0.588. The highest BCUT2D eigenvalue weighted by Gasteiger charge is 2.08. The molecule has 5 heteroatoms. The van der Waals surface area contributed by atoms with Gasteiger partial charge in [-0.05, 0) is 19.1 Å². The SMILES string of the molecule is CO[C@@H](C)CCOC(=O)c1ccnc(Cl)c1. The van der Waals surface area contributed by atoms with Crippen molar-refractivity contribution in [1.82, 2.24) is 4.98 Å². The van der Waals surface area contributed by atoms with E-state index in [2.05, 4.69) is 4.98 Å². The van der Waals surface area contributed by atoms with Gasteiger partial charge in [-0.1, -0.05) is 11.6 Å². The van der Waals surface area contributed by atoms with Gasteiger partial charge >= 0.3 is 5.97 Å². The molecule has 0 N–H and O–H groups in total. The number of aromatic nitrogens is 1. The first-order valence-corrected chi connectivity index (χ1v) is 5.32. The number of ether oxygens (including phenoxy) is 2. The fourth-order valence-corrected chi connectivity index (χ4v) is 1.22. The minimum absolute atomic E-state index is 0.0776. The average Bonchev–Trinajstić information content (AvgIpc) is 2.28. The lowest BCUT2D eigenvalue weighted by molar-refractivity contribution is 0.0390. The number of esters is 1. The van der Waals surface area contributed by atoms with Crippen molar-refractivity contribution < 1.29 is 14.3 Å². The van der Waals surface area contributed by atoms with E-state index in [1.165, 1.54) is 12.3 Å². The highest BCUT2D eigenvalue weighted by atomic mass is 35.5. The zero-order valence-corrected chi connectivity index (χ0v) is 10.0. The van der Waals surface area contributed by atoms with Gasteiger partial charge in [0.25, 0.3) is 0 Å². The molecule has 88 valence electrons. The Morgan fingerprint density at radius 3 is 3.00 bits per heavy atom. The van der Waals surface area contributed by atoms with Crippen LogP contribution >= 0.6 is 11.6 Å². The summed E-state index contributed by atoms with van der Waals surface area (Å²) in [7, 11) is 1.62. The molecule has 0 aromatic carbocycles. The largest absolute Gasteiger partial charge is 0.462 e. The molecule has 0 aliphatic rings. The van der Waals surface area contributed by atoms with Crippen LogP contribution in [0.4, 0.5) is 0 Å². The average molecular weight is 244 g/mol. The van der Waals surface area contributed by atoms with Gasteiger partial charge < -0.3 is 9.47 Å². The van der Waals surface area contributed by atoms with E-state index in [-0.39, 0.29) is 11.3 Å². The van der Waals surface area contributed by atoms with Crippen LogP contribution in [0.15, 0.2) is 18.3 Å². The van der Waals surface area contributed by atoms with Crippen LogP contribution in [-0.4, -0.2) is 30.8 Å². The lowest BCUT2D eigenvalue weighted by Crippen LogP contribution is -2.12. The Hall–Kier alpha value is -1.13. The predicted octanol–water partition coefficient (Wildman–Crippen LogP) is 2.32. The van der Waals surface area contributed by atoms with Crippen LogP contribution in [0.5, 0.6) is 0 Å². The predicted molar refractivity (Wildman–Crippen MR) is 60.6 cm³/mol. The van der Waals surface area contributed by atoms with Crippen molar-refractivity contribution in [2.24, 2.45) is 0 Å². The molecular weight excluding hydrogens is 230 g/mol. The summed E-state index contributed by atoms with van der Waals surface area (Å²) in [6, 6.07) is 3.04. The molecule has 0 aliphatic heterocycles. The highest BCUT2D eigenvalue weighted by molar-refractivity contribution is 6.29. The first kappa shape index (κ1) is 12.9. The monoisotopic (exact) mass is 243 g/mol. The number of nitrogens with zero attached hydrogens (tertiary/aromatic N) is 1. The van der Waals surface area contributed by atoms with Crippen LogP contribution < -0.4 is 0 Å². The zero-order valence-electron chi connectivity index (χ0n) is 9.27. The zero-order chi connectivity index (χ0) is 12.0. The summed E-state index contributed by atoms with van der Waals surface area (Å²) < 4.78 is 10.1. The topological polar surface area (TPSA) is 48.4 Å². The van der Waals surface area contributed by atoms with E-state index in [1.54, 1.807) is 13.2 Å². The Labute approximate surface area is 99.5 Å². The van der Waals surface area contributed by atoms with Crippen molar-refractivity contribution in [3.8, 4) is 0 Å². The Morgan fingerprint density at radius 2 is 2.38 bits per heavy atom. The number of hydrogen-bond donors (Lipinski definition) is 0. The van der Waals surface area contributed by atoms with Crippen molar-refractivity contribution in [2.75, 3.05) is 13.7 Å². The molecule has 16 heavy (non-hydrogen) atoms. The summed E-state index contributed by atoms with van der Waals surface area (Å²) in [5.41, 5.74) is 0.407. The molecule has 0 saturated carbocycles. The van der Waals surface area contributed by atoms with Crippen molar-refractivity contribution in [2.45, 2.75) is 19.4 Å². The molecule has 0 aliphatic carbocycles. The normalized spacial score (nSPS) is 12.2. The number of pyridine rings is 1. The van der Waals surface area contributed by atoms with Gasteiger partial charge in [-0.15, -0.1) is 0 Å². The molecular formula is C11H14ClNO3. The van der Waals surface area contributed by atoms with E-state index in [0.29, 0.717) is 18.6 Å². The third kappa shape index (κ3) is 4.16. The minimum Gasteiger partial charge on any atom is -0.462 e. The minimum atomic E-state index is -0.396. The number of hydrogen-bond acceptors (Lipinski definition) is 4. The molecule has 0 unspecified atom stereocenters. The van der Waals surface area contributed by atoms with Gasteiger partial charge in [-0.2, -0.15) is 0 Å². The van der Waals surface area contributed by atoms with Crippen LogP contribution in [0, 0.1) is 0 Å². The molecule has 1 rings (SSSR count). The molecule has 0 fully saturated rings. The summed E-state index contributed by atoms with van der Waals surface area (Å²) in [6.45, 7) is 2.24. The van der Waals surface area contributed by atoms with Crippen LogP contribution in [-0.2, 0) is 9.47 Å². The second-order valence-electron chi connectivity index (χ2n) is 3.34. The van der Waals surface area contributed by atoms with E-state index in [1.807, 2.05) is 6.92 Å². The molecule has 1 atom stereocenters. The molecule has 4 nitrogen and oxygen atoms in total. The maximum atomic E-state index is 11.5. The molecule has 0 saturated heterocycles. The molecule has 0 spiro atoms.